The largest absolute Gasteiger partial charge is 0.335 e. The van der Waals surface area contributed by atoms with Crippen LogP contribution in [0.15, 0.2) is 24.5 Å². The molecule has 4 aliphatic carbocycles. The Hall–Kier alpha value is -1.58. The maximum Gasteiger partial charge on any atom is 0.319 e. The molecule has 4 fully saturated rings. The Morgan fingerprint density at radius 2 is 1.86 bits per heavy atom. The van der Waals surface area contributed by atoms with E-state index in [4.69, 9.17) is 0 Å². The van der Waals surface area contributed by atoms with E-state index < -0.39 is 0 Å². The monoisotopic (exact) mass is 299 g/mol. The van der Waals surface area contributed by atoms with Crippen LogP contribution in [-0.4, -0.2) is 17.1 Å². The minimum absolute atomic E-state index is 0.101. The molecule has 0 aromatic carbocycles. The zero-order chi connectivity index (χ0) is 15.2. The van der Waals surface area contributed by atoms with Crippen LogP contribution in [-0.2, 0) is 0 Å². The Balaban J connectivity index is 1.41. The summed E-state index contributed by atoms with van der Waals surface area (Å²) in [7, 11) is 0. The average molecular weight is 299 g/mol. The lowest BCUT2D eigenvalue weighted by molar-refractivity contribution is -0.0679. The molecule has 2 N–H and O–H groups in total. The molecule has 1 aromatic heterocycles. The molecule has 1 unspecified atom stereocenters. The van der Waals surface area contributed by atoms with E-state index in [1.165, 1.54) is 38.5 Å². The molecular weight excluding hydrogens is 274 g/mol. The van der Waals surface area contributed by atoms with Crippen LogP contribution in [0, 0.1) is 23.2 Å². The molecule has 4 nitrogen and oxygen atoms in total. The molecule has 4 saturated carbocycles. The van der Waals surface area contributed by atoms with Gasteiger partial charge in [-0.3, -0.25) is 4.98 Å². The van der Waals surface area contributed by atoms with Gasteiger partial charge in [0.25, 0.3) is 0 Å². The van der Waals surface area contributed by atoms with Crippen LogP contribution < -0.4 is 10.6 Å². The van der Waals surface area contributed by atoms with Crippen LogP contribution in [0.1, 0.15) is 45.4 Å². The van der Waals surface area contributed by atoms with Crippen molar-refractivity contribution in [3.8, 4) is 0 Å². The van der Waals surface area contributed by atoms with Crippen LogP contribution in [0.2, 0.25) is 0 Å². The summed E-state index contributed by atoms with van der Waals surface area (Å²) in [5.41, 5.74) is 1.10. The number of hydrogen-bond acceptors (Lipinski definition) is 2. The first-order valence-corrected chi connectivity index (χ1v) is 8.60. The Bertz CT molecular complexity index is 521. The quantitative estimate of drug-likeness (QED) is 0.891. The lowest BCUT2D eigenvalue weighted by atomic mass is 9.48. The van der Waals surface area contributed by atoms with Crippen molar-refractivity contribution in [3.05, 3.63) is 24.5 Å². The molecule has 1 atom stereocenters. The fraction of sp³-hybridized carbons (Fsp3) is 0.667. The van der Waals surface area contributed by atoms with Gasteiger partial charge in [-0.25, -0.2) is 4.79 Å². The van der Waals surface area contributed by atoms with Gasteiger partial charge in [0.15, 0.2) is 0 Å². The highest BCUT2D eigenvalue weighted by molar-refractivity contribution is 5.89. The van der Waals surface area contributed by atoms with Crippen LogP contribution in [0.3, 0.4) is 0 Å². The molecule has 4 bridgehead atoms. The number of carbonyl (C=O) groups excluding carboxylic acids is 1. The van der Waals surface area contributed by atoms with E-state index in [-0.39, 0.29) is 12.1 Å². The molecule has 1 aromatic rings. The van der Waals surface area contributed by atoms with Crippen LogP contribution in [0.5, 0.6) is 0 Å². The first kappa shape index (κ1) is 14.0. The summed E-state index contributed by atoms with van der Waals surface area (Å²) >= 11 is 0. The summed E-state index contributed by atoms with van der Waals surface area (Å²) in [5.74, 6) is 2.74. The number of anilines is 1. The molecule has 1 heterocycles. The number of aromatic nitrogens is 1. The Kier molecular flexibility index (Phi) is 3.35. The standard InChI is InChI=1S/C18H25N3O/c1-12(20-17(22)21-16-3-2-4-19-11-16)18-8-13-5-14(9-18)7-15(6-13)10-18/h2-4,11-15H,5-10H2,1H3,(H2,20,21,22). The van der Waals surface area contributed by atoms with Gasteiger partial charge in [0, 0.05) is 12.2 Å². The molecular formula is C18H25N3O. The third kappa shape index (κ3) is 2.49. The molecule has 4 heteroatoms. The van der Waals surface area contributed by atoms with Crippen LogP contribution in [0.25, 0.3) is 0 Å². The van der Waals surface area contributed by atoms with Crippen molar-refractivity contribution >= 4 is 11.7 Å². The smallest absolute Gasteiger partial charge is 0.319 e. The zero-order valence-electron chi connectivity index (χ0n) is 13.2. The Morgan fingerprint density at radius 3 is 2.41 bits per heavy atom. The van der Waals surface area contributed by atoms with E-state index >= 15 is 0 Å². The van der Waals surface area contributed by atoms with E-state index in [1.54, 1.807) is 12.4 Å². The van der Waals surface area contributed by atoms with E-state index in [2.05, 4.69) is 22.5 Å². The fourth-order valence-corrected chi connectivity index (χ4v) is 5.66. The van der Waals surface area contributed by atoms with Crippen LogP contribution >= 0.6 is 0 Å². The lowest BCUT2D eigenvalue weighted by Crippen LogP contribution is -2.56. The number of pyridine rings is 1. The maximum absolute atomic E-state index is 12.3. The minimum atomic E-state index is -0.101. The van der Waals surface area contributed by atoms with Gasteiger partial charge >= 0.3 is 6.03 Å². The van der Waals surface area contributed by atoms with Gasteiger partial charge in [-0.15, -0.1) is 0 Å². The van der Waals surface area contributed by atoms with Gasteiger partial charge in [0.1, 0.15) is 0 Å². The molecule has 4 aliphatic rings. The lowest BCUT2D eigenvalue weighted by Gasteiger charge is -2.59. The van der Waals surface area contributed by atoms with Gasteiger partial charge in [0.2, 0.25) is 0 Å². The molecule has 2 amide bonds. The summed E-state index contributed by atoms with van der Waals surface area (Å²) in [4.78, 5) is 16.3. The van der Waals surface area contributed by atoms with E-state index in [0.717, 1.165) is 23.4 Å². The first-order chi connectivity index (χ1) is 10.6. The van der Waals surface area contributed by atoms with E-state index in [0.29, 0.717) is 5.41 Å². The molecule has 5 rings (SSSR count). The molecule has 22 heavy (non-hydrogen) atoms. The molecule has 0 spiro atoms. The summed E-state index contributed by atoms with van der Waals surface area (Å²) < 4.78 is 0. The summed E-state index contributed by atoms with van der Waals surface area (Å²) in [6.07, 6.45) is 11.6. The number of carbonyl (C=O) groups is 1. The second-order valence-electron chi connectivity index (χ2n) is 7.84. The number of nitrogens with zero attached hydrogens (tertiary/aromatic N) is 1. The second-order valence-corrected chi connectivity index (χ2v) is 7.84. The molecule has 0 radical (unpaired) electrons. The van der Waals surface area contributed by atoms with Gasteiger partial charge in [0.05, 0.1) is 11.9 Å². The summed E-state index contributed by atoms with van der Waals surface area (Å²) in [6, 6.07) is 3.84. The fourth-order valence-electron chi connectivity index (χ4n) is 5.66. The van der Waals surface area contributed by atoms with Gasteiger partial charge in [-0.1, -0.05) is 0 Å². The van der Waals surface area contributed by atoms with E-state index in [1.807, 2.05) is 12.1 Å². The average Bonchev–Trinajstić information content (AvgIpc) is 2.46. The molecule has 0 saturated heterocycles. The van der Waals surface area contributed by atoms with Gasteiger partial charge in [-0.05, 0) is 80.8 Å². The van der Waals surface area contributed by atoms with Gasteiger partial charge < -0.3 is 10.6 Å². The normalized spacial score (nSPS) is 36.9. The first-order valence-electron chi connectivity index (χ1n) is 8.60. The topological polar surface area (TPSA) is 54.0 Å². The van der Waals surface area contributed by atoms with Crippen LogP contribution in [0.4, 0.5) is 10.5 Å². The third-order valence-electron chi connectivity index (χ3n) is 6.27. The molecule has 118 valence electrons. The summed E-state index contributed by atoms with van der Waals surface area (Å²) in [6.45, 7) is 2.20. The van der Waals surface area contributed by atoms with Gasteiger partial charge in [-0.2, -0.15) is 0 Å². The highest BCUT2D eigenvalue weighted by atomic mass is 16.2. The number of nitrogens with one attached hydrogen (secondary N) is 2. The predicted molar refractivity (Wildman–Crippen MR) is 86.5 cm³/mol. The third-order valence-corrected chi connectivity index (χ3v) is 6.27. The second kappa shape index (κ2) is 5.25. The highest BCUT2D eigenvalue weighted by Gasteiger charge is 2.53. The van der Waals surface area contributed by atoms with Crippen molar-refractivity contribution in [2.75, 3.05) is 5.32 Å². The van der Waals surface area contributed by atoms with Crippen molar-refractivity contribution in [1.82, 2.24) is 10.3 Å². The van der Waals surface area contributed by atoms with Crippen molar-refractivity contribution in [3.63, 3.8) is 0 Å². The van der Waals surface area contributed by atoms with Crippen molar-refractivity contribution in [2.24, 2.45) is 23.2 Å². The number of hydrogen-bond donors (Lipinski definition) is 2. The predicted octanol–water partition coefficient (Wildman–Crippen LogP) is 3.81. The molecule has 0 aliphatic heterocycles. The maximum atomic E-state index is 12.3. The van der Waals surface area contributed by atoms with E-state index in [9.17, 15) is 4.79 Å². The minimum Gasteiger partial charge on any atom is -0.335 e. The number of urea groups is 1. The van der Waals surface area contributed by atoms with Crippen molar-refractivity contribution < 1.29 is 4.79 Å². The Labute approximate surface area is 132 Å². The SMILES string of the molecule is CC(NC(=O)Nc1cccnc1)C12CC3CC(CC(C3)C1)C2. The number of rotatable bonds is 3. The van der Waals surface area contributed by atoms with Crippen molar-refractivity contribution in [1.29, 1.82) is 0 Å². The summed E-state index contributed by atoms with van der Waals surface area (Å²) in [5, 5.41) is 6.10. The Morgan fingerprint density at radius 1 is 1.23 bits per heavy atom. The number of amides is 2. The van der Waals surface area contributed by atoms with Crippen molar-refractivity contribution in [2.45, 2.75) is 51.5 Å². The zero-order valence-corrected chi connectivity index (χ0v) is 13.2. The highest BCUT2D eigenvalue weighted by Crippen LogP contribution is 2.61.